The first-order valence-electron chi connectivity index (χ1n) is 8.99. The Hall–Kier alpha value is -1.68. The first kappa shape index (κ1) is 19.6. The van der Waals surface area contributed by atoms with Gasteiger partial charge in [-0.05, 0) is 63.3 Å². The number of rotatable bonds is 6. The molecule has 1 saturated heterocycles. The summed E-state index contributed by atoms with van der Waals surface area (Å²) in [5.41, 5.74) is 0.816. The topological polar surface area (TPSA) is 38.8 Å². The molecule has 1 amide bonds. The molecule has 0 N–H and O–H groups in total. The molecule has 1 atom stereocenters. The van der Waals surface area contributed by atoms with Crippen LogP contribution in [0.1, 0.15) is 52.0 Å². The smallest absolute Gasteiger partial charge is 0.246 e. The number of hydrogen-bond acceptors (Lipinski definition) is 3. The maximum atomic E-state index is 12.5. The molecule has 0 radical (unpaired) electrons. The summed E-state index contributed by atoms with van der Waals surface area (Å²) in [6, 6.07) is 3.98. The van der Waals surface area contributed by atoms with Gasteiger partial charge in [-0.25, -0.2) is 0 Å². The number of nitrogens with zero attached hydrogens (tertiary/aromatic N) is 1. The Morgan fingerprint density at radius 3 is 2.80 bits per heavy atom. The van der Waals surface area contributed by atoms with Gasteiger partial charge in [-0.2, -0.15) is 0 Å². The van der Waals surface area contributed by atoms with Gasteiger partial charge in [0.05, 0.1) is 18.2 Å². The molecule has 0 saturated carbocycles. The largest absolute Gasteiger partial charge is 0.493 e. The van der Waals surface area contributed by atoms with E-state index in [1.165, 1.54) is 6.42 Å². The number of likely N-dealkylation sites (tertiary alicyclic amines) is 1. The van der Waals surface area contributed by atoms with Crippen LogP contribution < -0.4 is 9.47 Å². The number of halogens is 1. The fraction of sp³-hybridized carbons (Fsp3) is 0.550. The van der Waals surface area contributed by atoms with Crippen molar-refractivity contribution in [2.24, 2.45) is 0 Å². The molecule has 0 aliphatic carbocycles. The van der Waals surface area contributed by atoms with Gasteiger partial charge in [0.2, 0.25) is 5.91 Å². The highest BCUT2D eigenvalue weighted by atomic mass is 35.5. The number of carbonyl (C=O) groups is 1. The number of carbonyl (C=O) groups excluding carboxylic acids is 1. The molecule has 138 valence electrons. The molecule has 5 heteroatoms. The minimum atomic E-state index is -0.000511. The van der Waals surface area contributed by atoms with Gasteiger partial charge in [0.15, 0.2) is 11.5 Å². The van der Waals surface area contributed by atoms with E-state index >= 15 is 0 Å². The van der Waals surface area contributed by atoms with Crippen molar-refractivity contribution in [3.05, 3.63) is 28.8 Å². The predicted octanol–water partition coefficient (Wildman–Crippen LogP) is 4.94. The molecule has 0 bridgehead atoms. The fourth-order valence-electron chi connectivity index (χ4n) is 3.16. The molecule has 1 unspecified atom stereocenters. The van der Waals surface area contributed by atoms with E-state index in [0.717, 1.165) is 31.4 Å². The van der Waals surface area contributed by atoms with Crippen LogP contribution in [-0.2, 0) is 4.79 Å². The van der Waals surface area contributed by atoms with Gasteiger partial charge in [-0.3, -0.25) is 4.79 Å². The lowest BCUT2D eigenvalue weighted by Crippen LogP contribution is -2.42. The Morgan fingerprint density at radius 2 is 2.16 bits per heavy atom. The van der Waals surface area contributed by atoms with Crippen molar-refractivity contribution in [1.82, 2.24) is 4.90 Å². The Balaban J connectivity index is 2.17. The van der Waals surface area contributed by atoms with Crippen LogP contribution in [0.15, 0.2) is 18.2 Å². The summed E-state index contributed by atoms with van der Waals surface area (Å²) in [4.78, 5) is 14.5. The van der Waals surface area contributed by atoms with Gasteiger partial charge in [0, 0.05) is 18.7 Å². The highest BCUT2D eigenvalue weighted by Crippen LogP contribution is 2.37. The average molecular weight is 366 g/mol. The van der Waals surface area contributed by atoms with Gasteiger partial charge in [-0.1, -0.05) is 18.5 Å². The highest BCUT2D eigenvalue weighted by molar-refractivity contribution is 6.32. The number of amides is 1. The summed E-state index contributed by atoms with van der Waals surface area (Å²) in [6.45, 7) is 6.85. The molecule has 1 aliphatic heterocycles. The van der Waals surface area contributed by atoms with Gasteiger partial charge >= 0.3 is 0 Å². The summed E-state index contributed by atoms with van der Waals surface area (Å²) < 4.78 is 11.1. The normalized spacial score (nSPS) is 18.0. The lowest BCUT2D eigenvalue weighted by molar-refractivity contribution is -0.129. The number of hydrogen-bond donors (Lipinski definition) is 0. The zero-order valence-corrected chi connectivity index (χ0v) is 16.3. The molecule has 0 spiro atoms. The minimum absolute atomic E-state index is 0.000511. The van der Waals surface area contributed by atoms with E-state index in [2.05, 4.69) is 6.92 Å². The molecule has 0 aromatic heterocycles. The molecule has 1 fully saturated rings. The maximum absolute atomic E-state index is 12.5. The molecule has 1 heterocycles. The number of benzene rings is 1. The molecule has 2 rings (SSSR count). The van der Waals surface area contributed by atoms with Crippen molar-refractivity contribution >= 4 is 23.6 Å². The van der Waals surface area contributed by atoms with Crippen LogP contribution in [0, 0.1) is 0 Å². The number of piperidine rings is 1. The van der Waals surface area contributed by atoms with E-state index < -0.39 is 0 Å². The van der Waals surface area contributed by atoms with Gasteiger partial charge < -0.3 is 14.4 Å². The molecule has 25 heavy (non-hydrogen) atoms. The average Bonchev–Trinajstić information content (AvgIpc) is 2.61. The van der Waals surface area contributed by atoms with Gasteiger partial charge in [0.25, 0.3) is 0 Å². The summed E-state index contributed by atoms with van der Waals surface area (Å²) in [6.07, 6.45) is 7.79. The van der Waals surface area contributed by atoms with Crippen LogP contribution in [0.25, 0.3) is 6.08 Å². The second kappa shape index (κ2) is 9.14. The molecule has 1 aromatic carbocycles. The van der Waals surface area contributed by atoms with Gasteiger partial charge in [0.1, 0.15) is 0 Å². The van der Waals surface area contributed by atoms with E-state index in [4.69, 9.17) is 21.1 Å². The van der Waals surface area contributed by atoms with Crippen molar-refractivity contribution < 1.29 is 14.3 Å². The fourth-order valence-corrected chi connectivity index (χ4v) is 3.43. The molecule has 4 nitrogen and oxygen atoms in total. The van der Waals surface area contributed by atoms with Crippen LogP contribution in [0.3, 0.4) is 0 Å². The lowest BCUT2D eigenvalue weighted by atomic mass is 10.00. The van der Waals surface area contributed by atoms with E-state index in [1.54, 1.807) is 25.3 Å². The number of methoxy groups -OCH3 is 1. The Labute approximate surface area is 155 Å². The van der Waals surface area contributed by atoms with Crippen LogP contribution in [-0.4, -0.2) is 36.6 Å². The molecular weight excluding hydrogens is 338 g/mol. The van der Waals surface area contributed by atoms with Crippen LogP contribution in [0.5, 0.6) is 11.5 Å². The SMILES string of the molecule is CCC1CCCCN1C(=O)C=Cc1cc(Cl)c(OC(C)C)c(OC)c1. The predicted molar refractivity (Wildman–Crippen MR) is 102 cm³/mol. The van der Waals surface area contributed by atoms with Gasteiger partial charge in [-0.15, -0.1) is 0 Å². The van der Waals surface area contributed by atoms with Crippen molar-refractivity contribution in [2.75, 3.05) is 13.7 Å². The first-order valence-corrected chi connectivity index (χ1v) is 9.36. The van der Waals surface area contributed by atoms with Crippen molar-refractivity contribution in [1.29, 1.82) is 0 Å². The third-order valence-corrected chi connectivity index (χ3v) is 4.69. The zero-order chi connectivity index (χ0) is 18.4. The summed E-state index contributed by atoms with van der Waals surface area (Å²) in [5, 5.41) is 0.476. The second-order valence-corrected chi connectivity index (χ2v) is 7.03. The summed E-state index contributed by atoms with van der Waals surface area (Å²) >= 11 is 6.33. The monoisotopic (exact) mass is 365 g/mol. The number of ether oxygens (including phenoxy) is 2. The van der Waals surface area contributed by atoms with Crippen LogP contribution in [0.4, 0.5) is 0 Å². The standard InChI is InChI=1S/C20H28ClNO3/c1-5-16-8-6-7-11-22(16)19(23)10-9-15-12-17(21)20(25-14(2)3)18(13-15)24-4/h9-10,12-14,16H,5-8,11H2,1-4H3. The Bertz CT molecular complexity index is 628. The van der Waals surface area contributed by atoms with Crippen molar-refractivity contribution in [3.63, 3.8) is 0 Å². The third kappa shape index (κ3) is 5.15. The molecular formula is C20H28ClNO3. The second-order valence-electron chi connectivity index (χ2n) is 6.62. The van der Waals surface area contributed by atoms with E-state index in [0.29, 0.717) is 22.6 Å². The first-order chi connectivity index (χ1) is 12.0. The molecule has 1 aromatic rings. The summed E-state index contributed by atoms with van der Waals surface area (Å²) in [7, 11) is 1.58. The molecule has 1 aliphatic rings. The minimum Gasteiger partial charge on any atom is -0.493 e. The van der Waals surface area contributed by atoms with E-state index in [1.807, 2.05) is 24.8 Å². The quantitative estimate of drug-likeness (QED) is 0.670. The highest BCUT2D eigenvalue weighted by Gasteiger charge is 2.23. The van der Waals surface area contributed by atoms with E-state index in [9.17, 15) is 4.79 Å². The Morgan fingerprint density at radius 1 is 1.40 bits per heavy atom. The summed E-state index contributed by atoms with van der Waals surface area (Å²) in [5.74, 6) is 1.16. The van der Waals surface area contributed by atoms with Crippen molar-refractivity contribution in [2.45, 2.75) is 58.6 Å². The zero-order valence-electron chi connectivity index (χ0n) is 15.5. The third-order valence-electron chi connectivity index (χ3n) is 4.41. The van der Waals surface area contributed by atoms with Crippen LogP contribution >= 0.6 is 11.6 Å². The maximum Gasteiger partial charge on any atom is 0.246 e. The lowest BCUT2D eigenvalue weighted by Gasteiger charge is -2.34. The van der Waals surface area contributed by atoms with E-state index in [-0.39, 0.29) is 12.0 Å². The Kier molecular flexibility index (Phi) is 7.18. The van der Waals surface area contributed by atoms with Crippen LogP contribution in [0.2, 0.25) is 5.02 Å². The van der Waals surface area contributed by atoms with Crippen molar-refractivity contribution in [3.8, 4) is 11.5 Å².